The maximum absolute atomic E-state index is 11.1. The lowest BCUT2D eigenvalue weighted by atomic mass is 10.2. The van der Waals surface area contributed by atoms with Gasteiger partial charge in [0.25, 0.3) is 0 Å². The molecule has 0 aliphatic carbocycles. The van der Waals surface area contributed by atoms with Gasteiger partial charge in [0.05, 0.1) is 4.92 Å². The van der Waals surface area contributed by atoms with Crippen molar-refractivity contribution in [1.29, 1.82) is 0 Å². The number of aryl methyl sites for hydroxylation is 1. The molecule has 0 unspecified atom stereocenters. The fourth-order valence-corrected chi connectivity index (χ4v) is 2.76. The fraction of sp³-hybridized carbons (Fsp3) is 0.167. The van der Waals surface area contributed by atoms with Crippen LogP contribution in [0, 0.1) is 17.0 Å². The van der Waals surface area contributed by atoms with Gasteiger partial charge in [0, 0.05) is 22.2 Å². The number of nitrogens with zero attached hydrogens (tertiary/aromatic N) is 3. The average Bonchev–Trinajstić information content (AvgIpc) is 2.40. The first-order valence-electron chi connectivity index (χ1n) is 5.61. The molecule has 21 heavy (non-hydrogen) atoms. The lowest BCUT2D eigenvalue weighted by Gasteiger charge is -2.09. The molecule has 2 rings (SSSR count). The zero-order chi connectivity index (χ0) is 15.6. The standard InChI is InChI=1S/C12H9BrClN3O3S/c1-6-3-7(13)4-8(17(18)19)11(6)20-10-5-9(14)15-12(16-10)21-2/h3-5H,1-2H3. The van der Waals surface area contributed by atoms with Crippen LogP contribution in [0.1, 0.15) is 5.56 Å². The Bertz CT molecular complexity index is 714. The Balaban J connectivity index is 2.48. The van der Waals surface area contributed by atoms with Crippen molar-refractivity contribution < 1.29 is 9.66 Å². The molecule has 0 saturated heterocycles. The topological polar surface area (TPSA) is 78.2 Å². The smallest absolute Gasteiger partial charge is 0.313 e. The second-order valence-corrected chi connectivity index (χ2v) is 6.02. The Labute approximate surface area is 138 Å². The lowest BCUT2D eigenvalue weighted by molar-refractivity contribution is -0.385. The summed E-state index contributed by atoms with van der Waals surface area (Å²) in [5.74, 6) is 0.290. The molecule has 0 atom stereocenters. The summed E-state index contributed by atoms with van der Waals surface area (Å²) in [6.45, 7) is 1.71. The van der Waals surface area contributed by atoms with E-state index in [1.807, 2.05) is 0 Å². The van der Waals surface area contributed by atoms with Crippen molar-refractivity contribution in [1.82, 2.24) is 9.97 Å². The molecule has 0 spiro atoms. The van der Waals surface area contributed by atoms with Crippen molar-refractivity contribution in [3.05, 3.63) is 43.5 Å². The average molecular weight is 391 g/mol. The molecule has 1 aromatic carbocycles. The first-order chi connectivity index (χ1) is 9.90. The van der Waals surface area contributed by atoms with Gasteiger partial charge in [-0.3, -0.25) is 10.1 Å². The first kappa shape index (κ1) is 16.0. The van der Waals surface area contributed by atoms with Crippen LogP contribution in [0.25, 0.3) is 0 Å². The molecule has 0 aliphatic heterocycles. The van der Waals surface area contributed by atoms with E-state index in [1.54, 1.807) is 19.2 Å². The van der Waals surface area contributed by atoms with Crippen molar-refractivity contribution in [2.24, 2.45) is 0 Å². The molecule has 0 amide bonds. The fourth-order valence-electron chi connectivity index (χ4n) is 1.61. The summed E-state index contributed by atoms with van der Waals surface area (Å²) in [6, 6.07) is 4.51. The van der Waals surface area contributed by atoms with Gasteiger partial charge in [-0.25, -0.2) is 4.98 Å². The minimum absolute atomic E-state index is 0.130. The van der Waals surface area contributed by atoms with Crippen LogP contribution in [0.3, 0.4) is 0 Å². The summed E-state index contributed by atoms with van der Waals surface area (Å²) in [5, 5.41) is 11.8. The Morgan fingerprint density at radius 1 is 1.38 bits per heavy atom. The summed E-state index contributed by atoms with van der Waals surface area (Å²) >= 11 is 10.4. The zero-order valence-corrected chi connectivity index (χ0v) is 14.1. The zero-order valence-electron chi connectivity index (χ0n) is 11.0. The van der Waals surface area contributed by atoms with Gasteiger partial charge in [0.15, 0.2) is 5.16 Å². The summed E-state index contributed by atoms with van der Waals surface area (Å²) in [7, 11) is 0. The second kappa shape index (κ2) is 6.59. The van der Waals surface area contributed by atoms with Gasteiger partial charge >= 0.3 is 5.69 Å². The molecule has 0 saturated carbocycles. The van der Waals surface area contributed by atoms with Gasteiger partial charge in [0.1, 0.15) is 5.15 Å². The molecule has 2 aromatic rings. The van der Waals surface area contributed by atoms with Crippen molar-refractivity contribution in [2.45, 2.75) is 12.1 Å². The van der Waals surface area contributed by atoms with Gasteiger partial charge in [0.2, 0.25) is 11.6 Å². The van der Waals surface area contributed by atoms with E-state index in [-0.39, 0.29) is 22.5 Å². The first-order valence-corrected chi connectivity index (χ1v) is 8.01. The molecule has 1 heterocycles. The van der Waals surface area contributed by atoms with Crippen LogP contribution in [0.2, 0.25) is 5.15 Å². The molecule has 9 heteroatoms. The quantitative estimate of drug-likeness (QED) is 0.249. The number of aromatic nitrogens is 2. The molecule has 0 fully saturated rings. The molecule has 1 aromatic heterocycles. The molecule has 0 N–H and O–H groups in total. The maximum Gasteiger partial charge on any atom is 0.313 e. The van der Waals surface area contributed by atoms with E-state index < -0.39 is 4.92 Å². The number of halogens is 2. The Hall–Kier alpha value is -1.38. The molecular formula is C12H9BrClN3O3S. The van der Waals surface area contributed by atoms with E-state index in [4.69, 9.17) is 16.3 Å². The third-order valence-corrected chi connectivity index (χ3v) is 3.66. The number of benzene rings is 1. The highest BCUT2D eigenvalue weighted by Crippen LogP contribution is 2.37. The third-order valence-electron chi connectivity index (χ3n) is 2.46. The molecular weight excluding hydrogens is 382 g/mol. The minimum Gasteiger partial charge on any atom is -0.431 e. The van der Waals surface area contributed by atoms with E-state index in [1.165, 1.54) is 23.9 Å². The summed E-state index contributed by atoms with van der Waals surface area (Å²) in [5.41, 5.74) is 0.457. The number of hydrogen-bond donors (Lipinski definition) is 0. The van der Waals surface area contributed by atoms with Crippen LogP contribution in [0.4, 0.5) is 5.69 Å². The van der Waals surface area contributed by atoms with Crippen LogP contribution in [0.5, 0.6) is 11.6 Å². The van der Waals surface area contributed by atoms with Crippen LogP contribution in [0.15, 0.2) is 27.8 Å². The van der Waals surface area contributed by atoms with Crippen molar-refractivity contribution in [3.8, 4) is 11.6 Å². The monoisotopic (exact) mass is 389 g/mol. The largest absolute Gasteiger partial charge is 0.431 e. The number of nitro benzene ring substituents is 1. The van der Waals surface area contributed by atoms with Crippen LogP contribution >= 0.6 is 39.3 Å². The predicted molar refractivity (Wildman–Crippen MR) is 84.4 cm³/mol. The molecule has 0 bridgehead atoms. The molecule has 0 aliphatic rings. The third kappa shape index (κ3) is 3.84. The lowest BCUT2D eigenvalue weighted by Crippen LogP contribution is -1.98. The number of rotatable bonds is 4. The highest BCUT2D eigenvalue weighted by Gasteiger charge is 2.20. The van der Waals surface area contributed by atoms with Crippen LogP contribution in [-0.2, 0) is 0 Å². The van der Waals surface area contributed by atoms with Gasteiger partial charge in [-0.1, -0.05) is 39.3 Å². The molecule has 0 radical (unpaired) electrons. The summed E-state index contributed by atoms with van der Waals surface area (Å²) in [4.78, 5) is 18.7. The molecule has 6 nitrogen and oxygen atoms in total. The number of ether oxygens (including phenoxy) is 1. The highest BCUT2D eigenvalue weighted by atomic mass is 79.9. The number of nitro groups is 1. The van der Waals surface area contributed by atoms with E-state index >= 15 is 0 Å². The second-order valence-electron chi connectivity index (χ2n) is 3.95. The summed E-state index contributed by atoms with van der Waals surface area (Å²) in [6.07, 6.45) is 1.79. The Kier molecular flexibility index (Phi) is 5.02. The van der Waals surface area contributed by atoms with Gasteiger partial charge in [-0.2, -0.15) is 4.98 Å². The van der Waals surface area contributed by atoms with Crippen molar-refractivity contribution in [3.63, 3.8) is 0 Å². The van der Waals surface area contributed by atoms with Crippen LogP contribution in [-0.4, -0.2) is 21.1 Å². The van der Waals surface area contributed by atoms with Crippen molar-refractivity contribution in [2.75, 3.05) is 6.26 Å². The minimum atomic E-state index is -0.509. The maximum atomic E-state index is 11.1. The van der Waals surface area contributed by atoms with Gasteiger partial charge in [-0.15, -0.1) is 0 Å². The SMILES string of the molecule is CSc1nc(Cl)cc(Oc2c(C)cc(Br)cc2[N+](=O)[O-])n1. The van der Waals surface area contributed by atoms with Gasteiger partial charge in [-0.05, 0) is 19.2 Å². The van der Waals surface area contributed by atoms with E-state index in [0.717, 1.165) is 0 Å². The van der Waals surface area contributed by atoms with E-state index in [9.17, 15) is 10.1 Å². The Morgan fingerprint density at radius 3 is 2.71 bits per heavy atom. The van der Waals surface area contributed by atoms with E-state index in [0.29, 0.717) is 15.2 Å². The normalized spacial score (nSPS) is 10.5. The number of hydrogen-bond acceptors (Lipinski definition) is 6. The van der Waals surface area contributed by atoms with Gasteiger partial charge < -0.3 is 4.74 Å². The van der Waals surface area contributed by atoms with Crippen LogP contribution < -0.4 is 4.74 Å². The number of thioether (sulfide) groups is 1. The Morgan fingerprint density at radius 2 is 2.10 bits per heavy atom. The van der Waals surface area contributed by atoms with Crippen molar-refractivity contribution >= 4 is 45.0 Å². The van der Waals surface area contributed by atoms with E-state index in [2.05, 4.69) is 25.9 Å². The highest BCUT2D eigenvalue weighted by molar-refractivity contribution is 9.10. The summed E-state index contributed by atoms with van der Waals surface area (Å²) < 4.78 is 6.17. The molecule has 110 valence electrons. The predicted octanol–water partition coefficient (Wildman–Crippen LogP) is 4.62.